The van der Waals surface area contributed by atoms with Crippen molar-refractivity contribution >= 4 is 29.1 Å². The molecule has 1 atom stereocenters. The molecular formula is C24H32N4O3. The van der Waals surface area contributed by atoms with Gasteiger partial charge in [0.05, 0.1) is 19.1 Å². The minimum absolute atomic E-state index is 0.107. The second kappa shape index (κ2) is 11.3. The molecule has 0 heterocycles. The fourth-order valence-corrected chi connectivity index (χ4v) is 3.13. The number of hydrogen-bond donors (Lipinski definition) is 3. The van der Waals surface area contributed by atoms with E-state index >= 15 is 0 Å². The first kappa shape index (κ1) is 24.1. The maximum Gasteiger partial charge on any atom is 0.238 e. The number of aryl methyl sites for hydroxylation is 2. The molecule has 0 spiro atoms. The Labute approximate surface area is 184 Å². The topological polar surface area (TPSA) is 90.5 Å². The molecule has 2 rings (SSSR count). The zero-order chi connectivity index (χ0) is 23.0. The van der Waals surface area contributed by atoms with E-state index < -0.39 is 0 Å². The third kappa shape index (κ3) is 7.86. The Morgan fingerprint density at radius 2 is 1.45 bits per heavy atom. The highest BCUT2D eigenvalue weighted by molar-refractivity contribution is 5.93. The van der Waals surface area contributed by atoms with Crippen LogP contribution in [0.1, 0.15) is 43.5 Å². The van der Waals surface area contributed by atoms with Gasteiger partial charge in [-0.05, 0) is 68.3 Å². The fourth-order valence-electron chi connectivity index (χ4n) is 3.13. The van der Waals surface area contributed by atoms with Gasteiger partial charge in [0.15, 0.2) is 0 Å². The predicted octanol–water partition coefficient (Wildman–Crippen LogP) is 3.40. The van der Waals surface area contributed by atoms with E-state index in [1.807, 2.05) is 19.9 Å². The van der Waals surface area contributed by atoms with E-state index in [0.717, 1.165) is 5.56 Å². The van der Waals surface area contributed by atoms with Crippen LogP contribution in [0.5, 0.6) is 0 Å². The summed E-state index contributed by atoms with van der Waals surface area (Å²) in [7, 11) is 0. The van der Waals surface area contributed by atoms with Gasteiger partial charge in [-0.2, -0.15) is 0 Å². The molecule has 2 aromatic carbocycles. The summed E-state index contributed by atoms with van der Waals surface area (Å²) in [5, 5.41) is 8.50. The summed E-state index contributed by atoms with van der Waals surface area (Å²) in [4.78, 5) is 37.7. The van der Waals surface area contributed by atoms with Crippen molar-refractivity contribution in [2.45, 2.75) is 40.7 Å². The highest BCUT2D eigenvalue weighted by Gasteiger charge is 2.16. The van der Waals surface area contributed by atoms with Gasteiger partial charge in [0.2, 0.25) is 17.7 Å². The Kier molecular flexibility index (Phi) is 8.75. The van der Waals surface area contributed by atoms with Crippen LogP contribution in [0.3, 0.4) is 0 Å². The van der Waals surface area contributed by atoms with Crippen LogP contribution >= 0.6 is 0 Å². The van der Waals surface area contributed by atoms with Crippen LogP contribution in [0, 0.1) is 13.8 Å². The van der Waals surface area contributed by atoms with Gasteiger partial charge in [0, 0.05) is 18.3 Å². The number of carbonyl (C=O) groups excluding carboxylic acids is 3. The second-order valence-corrected chi connectivity index (χ2v) is 7.74. The third-order valence-corrected chi connectivity index (χ3v) is 5.08. The van der Waals surface area contributed by atoms with Crippen molar-refractivity contribution in [3.8, 4) is 0 Å². The molecule has 0 aliphatic heterocycles. The van der Waals surface area contributed by atoms with E-state index in [1.54, 1.807) is 29.2 Å². The van der Waals surface area contributed by atoms with Crippen molar-refractivity contribution < 1.29 is 14.4 Å². The monoisotopic (exact) mass is 424 g/mol. The Morgan fingerprint density at radius 3 is 2.00 bits per heavy atom. The number of likely N-dealkylation sites (N-methyl/N-ethyl adjacent to an activating group) is 1. The Hall–Kier alpha value is -3.19. The Bertz CT molecular complexity index is 925. The average molecular weight is 425 g/mol. The van der Waals surface area contributed by atoms with E-state index in [4.69, 9.17) is 0 Å². The van der Waals surface area contributed by atoms with E-state index in [0.29, 0.717) is 17.9 Å². The molecule has 2 aromatic rings. The van der Waals surface area contributed by atoms with Crippen LogP contribution in [-0.4, -0.2) is 42.3 Å². The predicted molar refractivity (Wildman–Crippen MR) is 124 cm³/mol. The summed E-state index contributed by atoms with van der Waals surface area (Å²) in [6.45, 7) is 10.2. The number of anilines is 2. The zero-order valence-electron chi connectivity index (χ0n) is 18.9. The van der Waals surface area contributed by atoms with Crippen LogP contribution in [0.4, 0.5) is 11.4 Å². The normalized spacial score (nSPS) is 11.7. The van der Waals surface area contributed by atoms with Gasteiger partial charge < -0.3 is 16.0 Å². The molecule has 166 valence electrons. The molecule has 0 aliphatic rings. The van der Waals surface area contributed by atoms with Crippen molar-refractivity contribution in [2.24, 2.45) is 0 Å². The molecule has 0 aromatic heterocycles. The van der Waals surface area contributed by atoms with Gasteiger partial charge in [-0.25, -0.2) is 0 Å². The van der Waals surface area contributed by atoms with E-state index in [9.17, 15) is 14.4 Å². The summed E-state index contributed by atoms with van der Waals surface area (Å²) >= 11 is 0. The van der Waals surface area contributed by atoms with Crippen LogP contribution in [0.25, 0.3) is 0 Å². The standard InChI is InChI=1S/C24H32N4O3/c1-6-28(14-23(30)25-18(4)20-8-7-16(2)17(3)13-20)15-24(31)27-22-11-9-21(10-12-22)26-19(5)29/h7-13,18H,6,14-15H2,1-5H3,(H,25,30)(H,26,29)(H,27,31)/t18-/m0/s1. The van der Waals surface area contributed by atoms with Crippen LogP contribution in [0.15, 0.2) is 42.5 Å². The van der Waals surface area contributed by atoms with Gasteiger partial charge in [-0.1, -0.05) is 25.1 Å². The number of nitrogens with zero attached hydrogens (tertiary/aromatic N) is 1. The van der Waals surface area contributed by atoms with E-state index in [1.165, 1.54) is 18.1 Å². The average Bonchev–Trinajstić information content (AvgIpc) is 2.70. The lowest BCUT2D eigenvalue weighted by Crippen LogP contribution is -2.41. The first-order valence-corrected chi connectivity index (χ1v) is 10.4. The van der Waals surface area contributed by atoms with Crippen LogP contribution < -0.4 is 16.0 Å². The lowest BCUT2D eigenvalue weighted by Gasteiger charge is -2.21. The molecule has 0 saturated heterocycles. The SMILES string of the molecule is CCN(CC(=O)Nc1ccc(NC(C)=O)cc1)CC(=O)N[C@@H](C)c1ccc(C)c(C)c1. The molecule has 3 N–H and O–H groups in total. The summed E-state index contributed by atoms with van der Waals surface area (Å²) in [6.07, 6.45) is 0. The van der Waals surface area contributed by atoms with Crippen LogP contribution in [0.2, 0.25) is 0 Å². The van der Waals surface area contributed by atoms with Crippen molar-refractivity contribution in [3.05, 3.63) is 59.2 Å². The van der Waals surface area contributed by atoms with Gasteiger partial charge in [-0.15, -0.1) is 0 Å². The van der Waals surface area contributed by atoms with Crippen molar-refractivity contribution in [2.75, 3.05) is 30.3 Å². The minimum atomic E-state index is -0.205. The number of carbonyl (C=O) groups is 3. The molecule has 0 fully saturated rings. The fraction of sp³-hybridized carbons (Fsp3) is 0.375. The zero-order valence-corrected chi connectivity index (χ0v) is 18.9. The third-order valence-electron chi connectivity index (χ3n) is 5.08. The smallest absolute Gasteiger partial charge is 0.238 e. The highest BCUT2D eigenvalue weighted by atomic mass is 16.2. The van der Waals surface area contributed by atoms with E-state index in [2.05, 4.69) is 41.9 Å². The molecule has 7 heteroatoms. The molecule has 0 bridgehead atoms. The molecule has 3 amide bonds. The maximum absolute atomic E-state index is 12.5. The first-order chi connectivity index (χ1) is 14.7. The van der Waals surface area contributed by atoms with Crippen molar-refractivity contribution in [1.29, 1.82) is 0 Å². The first-order valence-electron chi connectivity index (χ1n) is 10.4. The second-order valence-electron chi connectivity index (χ2n) is 7.74. The van der Waals surface area contributed by atoms with Crippen LogP contribution in [-0.2, 0) is 14.4 Å². The number of nitrogens with one attached hydrogen (secondary N) is 3. The van der Waals surface area contributed by atoms with Crippen molar-refractivity contribution in [1.82, 2.24) is 10.2 Å². The van der Waals surface area contributed by atoms with Gasteiger partial charge >= 0.3 is 0 Å². The lowest BCUT2D eigenvalue weighted by atomic mass is 10.0. The molecule has 31 heavy (non-hydrogen) atoms. The number of rotatable bonds is 9. The quantitative estimate of drug-likeness (QED) is 0.575. The largest absolute Gasteiger partial charge is 0.348 e. The van der Waals surface area contributed by atoms with Gasteiger partial charge in [-0.3, -0.25) is 19.3 Å². The lowest BCUT2D eigenvalue weighted by molar-refractivity contribution is -0.124. The maximum atomic E-state index is 12.5. The summed E-state index contributed by atoms with van der Waals surface area (Å²) in [5.41, 5.74) is 4.75. The Morgan fingerprint density at radius 1 is 0.871 bits per heavy atom. The highest BCUT2D eigenvalue weighted by Crippen LogP contribution is 2.17. The Balaban J connectivity index is 1.85. The molecule has 0 unspecified atom stereocenters. The summed E-state index contributed by atoms with van der Waals surface area (Å²) in [6, 6.07) is 12.9. The minimum Gasteiger partial charge on any atom is -0.348 e. The van der Waals surface area contributed by atoms with Crippen molar-refractivity contribution in [3.63, 3.8) is 0 Å². The molecule has 7 nitrogen and oxygen atoms in total. The number of hydrogen-bond acceptors (Lipinski definition) is 4. The summed E-state index contributed by atoms with van der Waals surface area (Å²) < 4.78 is 0. The number of amides is 3. The van der Waals surface area contributed by atoms with Gasteiger partial charge in [0.25, 0.3) is 0 Å². The molecule has 0 aliphatic carbocycles. The van der Waals surface area contributed by atoms with Gasteiger partial charge in [0.1, 0.15) is 0 Å². The molecule has 0 radical (unpaired) electrons. The van der Waals surface area contributed by atoms with E-state index in [-0.39, 0.29) is 36.9 Å². The molecule has 0 saturated carbocycles. The number of benzene rings is 2. The molecular weight excluding hydrogens is 392 g/mol. The summed E-state index contributed by atoms with van der Waals surface area (Å²) in [5.74, 6) is -0.482.